The van der Waals surface area contributed by atoms with Crippen LogP contribution in [0.4, 0.5) is 5.82 Å². The second kappa shape index (κ2) is 7.31. The Morgan fingerprint density at radius 3 is 2.65 bits per heavy atom. The van der Waals surface area contributed by atoms with Crippen molar-refractivity contribution in [1.82, 2.24) is 20.1 Å². The summed E-state index contributed by atoms with van der Waals surface area (Å²) in [6.45, 7) is 6.32. The van der Waals surface area contributed by atoms with Crippen molar-refractivity contribution in [3.8, 4) is 11.5 Å². The molecule has 0 aliphatic carbocycles. The molecular formula is C18H19Cl2N5O. The molecule has 4 heterocycles. The van der Waals surface area contributed by atoms with Crippen molar-refractivity contribution in [2.75, 3.05) is 31.1 Å². The first kappa shape index (κ1) is 17.4. The van der Waals surface area contributed by atoms with Crippen LogP contribution < -0.4 is 4.90 Å². The molecule has 0 spiro atoms. The number of piperazine rings is 1. The SMILES string of the molecule is Cc1ccc(-c2[nH]ncc2CN2CCN(c3ncc(Cl)cc3Cl)CC2)o1. The van der Waals surface area contributed by atoms with Crippen LogP contribution >= 0.6 is 23.2 Å². The summed E-state index contributed by atoms with van der Waals surface area (Å²) in [7, 11) is 0. The topological polar surface area (TPSA) is 61.2 Å². The van der Waals surface area contributed by atoms with Crippen molar-refractivity contribution in [2.45, 2.75) is 13.5 Å². The molecule has 0 aromatic carbocycles. The maximum Gasteiger partial charge on any atom is 0.152 e. The van der Waals surface area contributed by atoms with E-state index < -0.39 is 0 Å². The predicted molar refractivity (Wildman–Crippen MR) is 103 cm³/mol. The fourth-order valence-electron chi connectivity index (χ4n) is 3.21. The van der Waals surface area contributed by atoms with E-state index in [1.54, 1.807) is 12.3 Å². The third-order valence-corrected chi connectivity index (χ3v) is 5.04. The molecule has 1 fully saturated rings. The summed E-state index contributed by atoms with van der Waals surface area (Å²) >= 11 is 12.2. The Balaban J connectivity index is 1.41. The maximum absolute atomic E-state index is 6.28. The van der Waals surface area contributed by atoms with Gasteiger partial charge in [-0.25, -0.2) is 4.98 Å². The van der Waals surface area contributed by atoms with E-state index in [0.29, 0.717) is 10.0 Å². The number of rotatable bonds is 4. The smallest absolute Gasteiger partial charge is 0.152 e. The van der Waals surface area contributed by atoms with Crippen molar-refractivity contribution >= 4 is 29.0 Å². The van der Waals surface area contributed by atoms with Crippen molar-refractivity contribution in [2.24, 2.45) is 0 Å². The van der Waals surface area contributed by atoms with Crippen molar-refractivity contribution in [1.29, 1.82) is 0 Å². The van der Waals surface area contributed by atoms with E-state index in [4.69, 9.17) is 27.6 Å². The van der Waals surface area contributed by atoms with Gasteiger partial charge in [-0.15, -0.1) is 0 Å². The number of nitrogens with one attached hydrogen (secondary N) is 1. The zero-order valence-corrected chi connectivity index (χ0v) is 15.9. The summed E-state index contributed by atoms with van der Waals surface area (Å²) in [4.78, 5) is 8.96. The lowest BCUT2D eigenvalue weighted by Gasteiger charge is -2.35. The zero-order chi connectivity index (χ0) is 18.1. The Hall–Kier alpha value is -2.02. The first-order chi connectivity index (χ1) is 12.6. The number of anilines is 1. The number of pyridine rings is 1. The van der Waals surface area contributed by atoms with Gasteiger partial charge in [0.1, 0.15) is 17.3 Å². The van der Waals surface area contributed by atoms with Gasteiger partial charge in [0, 0.05) is 44.5 Å². The van der Waals surface area contributed by atoms with E-state index >= 15 is 0 Å². The Labute approximate surface area is 161 Å². The molecule has 8 heteroatoms. The number of H-pyrrole nitrogens is 1. The molecule has 1 aliphatic rings. The van der Waals surface area contributed by atoms with Gasteiger partial charge in [0.05, 0.1) is 16.2 Å². The Kier molecular flexibility index (Phi) is 4.89. The van der Waals surface area contributed by atoms with Gasteiger partial charge in [0.25, 0.3) is 0 Å². The fourth-order valence-corrected chi connectivity index (χ4v) is 3.71. The normalized spacial score (nSPS) is 15.6. The lowest BCUT2D eigenvalue weighted by molar-refractivity contribution is 0.249. The lowest BCUT2D eigenvalue weighted by atomic mass is 10.2. The van der Waals surface area contributed by atoms with Crippen LogP contribution in [-0.2, 0) is 6.54 Å². The predicted octanol–water partition coefficient (Wildman–Crippen LogP) is 4.00. The Morgan fingerprint density at radius 1 is 1.15 bits per heavy atom. The number of hydrogen-bond acceptors (Lipinski definition) is 5. The highest BCUT2D eigenvalue weighted by atomic mass is 35.5. The molecule has 0 bridgehead atoms. The molecule has 3 aromatic rings. The molecule has 0 saturated carbocycles. The average Bonchev–Trinajstić information content (AvgIpc) is 3.24. The van der Waals surface area contributed by atoms with E-state index in [9.17, 15) is 0 Å². The van der Waals surface area contributed by atoms with Gasteiger partial charge < -0.3 is 9.32 Å². The maximum atomic E-state index is 6.28. The van der Waals surface area contributed by atoms with Crippen LogP contribution in [0.5, 0.6) is 0 Å². The van der Waals surface area contributed by atoms with Gasteiger partial charge in [-0.05, 0) is 25.1 Å². The summed E-state index contributed by atoms with van der Waals surface area (Å²) in [5.74, 6) is 2.51. The van der Waals surface area contributed by atoms with Crippen molar-refractivity contribution in [3.05, 3.63) is 52.0 Å². The summed E-state index contributed by atoms with van der Waals surface area (Å²) in [5.41, 5.74) is 2.08. The van der Waals surface area contributed by atoms with Crippen LogP contribution in [0.2, 0.25) is 10.0 Å². The molecule has 1 aliphatic heterocycles. The number of furan rings is 1. The van der Waals surface area contributed by atoms with Gasteiger partial charge >= 0.3 is 0 Å². The second-order valence-electron chi connectivity index (χ2n) is 6.40. The van der Waals surface area contributed by atoms with Gasteiger partial charge in [-0.1, -0.05) is 23.2 Å². The highest BCUT2D eigenvalue weighted by Gasteiger charge is 2.22. The number of aromatic amines is 1. The van der Waals surface area contributed by atoms with Crippen LogP contribution in [0, 0.1) is 6.92 Å². The van der Waals surface area contributed by atoms with Crippen LogP contribution in [0.15, 0.2) is 35.0 Å². The van der Waals surface area contributed by atoms with E-state index in [2.05, 4.69) is 25.0 Å². The van der Waals surface area contributed by atoms with Gasteiger partial charge in [0.2, 0.25) is 0 Å². The average molecular weight is 392 g/mol. The molecule has 1 saturated heterocycles. The fraction of sp³-hybridized carbons (Fsp3) is 0.333. The summed E-state index contributed by atoms with van der Waals surface area (Å²) < 4.78 is 5.72. The highest BCUT2D eigenvalue weighted by molar-refractivity contribution is 6.36. The molecular weight excluding hydrogens is 373 g/mol. The zero-order valence-electron chi connectivity index (χ0n) is 14.4. The molecule has 0 amide bonds. The van der Waals surface area contributed by atoms with E-state index in [0.717, 1.165) is 61.3 Å². The summed E-state index contributed by atoms with van der Waals surface area (Å²) in [6, 6.07) is 5.67. The van der Waals surface area contributed by atoms with Crippen LogP contribution in [0.1, 0.15) is 11.3 Å². The standard InChI is InChI=1S/C18H19Cl2N5O/c1-12-2-3-16(26-12)17-13(9-22-23-17)11-24-4-6-25(7-5-24)18-15(20)8-14(19)10-21-18/h2-3,8-10H,4-7,11H2,1H3,(H,22,23). The number of hydrogen-bond donors (Lipinski definition) is 1. The summed E-state index contributed by atoms with van der Waals surface area (Å²) in [5, 5.41) is 8.39. The minimum Gasteiger partial charge on any atom is -0.460 e. The second-order valence-corrected chi connectivity index (χ2v) is 7.25. The van der Waals surface area contributed by atoms with Crippen LogP contribution in [0.25, 0.3) is 11.5 Å². The van der Waals surface area contributed by atoms with E-state index in [-0.39, 0.29) is 0 Å². The van der Waals surface area contributed by atoms with Gasteiger partial charge in [-0.3, -0.25) is 10.00 Å². The third-order valence-electron chi connectivity index (χ3n) is 4.56. The first-order valence-electron chi connectivity index (χ1n) is 8.47. The van der Waals surface area contributed by atoms with E-state index in [1.807, 2.05) is 25.3 Å². The molecule has 6 nitrogen and oxygen atoms in total. The number of nitrogens with zero attached hydrogens (tertiary/aromatic N) is 4. The number of halogens is 2. The van der Waals surface area contributed by atoms with Gasteiger partial charge in [0.15, 0.2) is 5.76 Å². The first-order valence-corrected chi connectivity index (χ1v) is 9.23. The van der Waals surface area contributed by atoms with Crippen LogP contribution in [0.3, 0.4) is 0 Å². The molecule has 3 aromatic heterocycles. The van der Waals surface area contributed by atoms with Crippen LogP contribution in [-0.4, -0.2) is 46.3 Å². The lowest BCUT2D eigenvalue weighted by Crippen LogP contribution is -2.46. The quantitative estimate of drug-likeness (QED) is 0.727. The molecule has 0 radical (unpaired) electrons. The molecule has 26 heavy (non-hydrogen) atoms. The van der Waals surface area contributed by atoms with Crippen molar-refractivity contribution in [3.63, 3.8) is 0 Å². The van der Waals surface area contributed by atoms with Crippen molar-refractivity contribution < 1.29 is 4.42 Å². The molecule has 136 valence electrons. The minimum absolute atomic E-state index is 0.554. The number of aromatic nitrogens is 3. The third kappa shape index (κ3) is 3.58. The largest absolute Gasteiger partial charge is 0.460 e. The monoisotopic (exact) mass is 391 g/mol. The Morgan fingerprint density at radius 2 is 1.96 bits per heavy atom. The van der Waals surface area contributed by atoms with Gasteiger partial charge in [-0.2, -0.15) is 5.10 Å². The molecule has 0 atom stereocenters. The Bertz CT molecular complexity index is 899. The summed E-state index contributed by atoms with van der Waals surface area (Å²) in [6.07, 6.45) is 3.51. The highest BCUT2D eigenvalue weighted by Crippen LogP contribution is 2.28. The molecule has 4 rings (SSSR count). The molecule has 1 N–H and O–H groups in total. The number of aryl methyl sites for hydroxylation is 1. The molecule has 0 unspecified atom stereocenters. The minimum atomic E-state index is 0.554. The van der Waals surface area contributed by atoms with E-state index in [1.165, 1.54) is 0 Å².